The van der Waals surface area contributed by atoms with Crippen molar-refractivity contribution in [3.63, 3.8) is 0 Å². The van der Waals surface area contributed by atoms with E-state index in [1.165, 1.54) is 0 Å². The largest absolute Gasteiger partial charge is 0.391 e. The molecule has 0 radical (unpaired) electrons. The number of nitrogens with one attached hydrogen (secondary N) is 1. The molecule has 0 aromatic heterocycles. The SMILES string of the molecule is OC1CCCC1Nc1ccc(Cl)cc1Br. The van der Waals surface area contributed by atoms with Gasteiger partial charge in [-0.2, -0.15) is 0 Å². The lowest BCUT2D eigenvalue weighted by Crippen LogP contribution is -2.27. The molecule has 0 aliphatic heterocycles. The van der Waals surface area contributed by atoms with Crippen LogP contribution < -0.4 is 5.32 Å². The van der Waals surface area contributed by atoms with Crippen LogP contribution in [0.3, 0.4) is 0 Å². The number of hydrogen-bond acceptors (Lipinski definition) is 2. The Hall–Kier alpha value is -0.250. The number of rotatable bonds is 2. The Labute approximate surface area is 103 Å². The number of hydrogen-bond donors (Lipinski definition) is 2. The fourth-order valence-corrected chi connectivity index (χ4v) is 2.71. The third kappa shape index (κ3) is 2.65. The Bertz CT molecular complexity index is 358. The molecule has 0 spiro atoms. The third-order valence-corrected chi connectivity index (χ3v) is 3.64. The van der Waals surface area contributed by atoms with E-state index in [9.17, 15) is 5.11 Å². The summed E-state index contributed by atoms with van der Waals surface area (Å²) >= 11 is 9.30. The fraction of sp³-hybridized carbons (Fsp3) is 0.455. The average molecular weight is 291 g/mol. The third-order valence-electron chi connectivity index (χ3n) is 2.75. The van der Waals surface area contributed by atoms with E-state index in [4.69, 9.17) is 11.6 Å². The summed E-state index contributed by atoms with van der Waals surface area (Å²) in [5, 5.41) is 13.7. The van der Waals surface area contributed by atoms with Gasteiger partial charge >= 0.3 is 0 Å². The van der Waals surface area contributed by atoms with Gasteiger partial charge in [-0.3, -0.25) is 0 Å². The zero-order chi connectivity index (χ0) is 10.8. The topological polar surface area (TPSA) is 32.3 Å². The first kappa shape index (κ1) is 11.2. The highest BCUT2D eigenvalue weighted by Gasteiger charge is 2.25. The number of halogens is 2. The van der Waals surface area contributed by atoms with Crippen LogP contribution in [0.5, 0.6) is 0 Å². The van der Waals surface area contributed by atoms with E-state index in [1.54, 1.807) is 0 Å². The highest BCUT2D eigenvalue weighted by atomic mass is 79.9. The smallest absolute Gasteiger partial charge is 0.0741 e. The van der Waals surface area contributed by atoms with Crippen LogP contribution in [0.2, 0.25) is 5.02 Å². The minimum Gasteiger partial charge on any atom is -0.391 e. The maximum Gasteiger partial charge on any atom is 0.0741 e. The minimum absolute atomic E-state index is 0.169. The van der Waals surface area contributed by atoms with Gasteiger partial charge in [0.1, 0.15) is 0 Å². The summed E-state index contributed by atoms with van der Waals surface area (Å²) in [6, 6.07) is 5.79. The highest BCUT2D eigenvalue weighted by molar-refractivity contribution is 9.10. The predicted molar refractivity (Wildman–Crippen MR) is 66.4 cm³/mol. The second kappa shape index (κ2) is 4.73. The molecular weight excluding hydrogens is 277 g/mol. The van der Waals surface area contributed by atoms with E-state index in [0.29, 0.717) is 5.02 Å². The van der Waals surface area contributed by atoms with Crippen LogP contribution in [-0.4, -0.2) is 17.3 Å². The van der Waals surface area contributed by atoms with Crippen LogP contribution in [0.4, 0.5) is 5.69 Å². The molecule has 0 saturated heterocycles. The Kier molecular flexibility index (Phi) is 3.54. The van der Waals surface area contributed by atoms with E-state index >= 15 is 0 Å². The van der Waals surface area contributed by atoms with E-state index in [2.05, 4.69) is 21.2 Å². The molecule has 15 heavy (non-hydrogen) atoms. The maximum atomic E-state index is 9.69. The summed E-state index contributed by atoms with van der Waals surface area (Å²) in [6.07, 6.45) is 2.77. The quantitative estimate of drug-likeness (QED) is 0.874. The van der Waals surface area contributed by atoms with Gasteiger partial charge in [0.2, 0.25) is 0 Å². The Morgan fingerprint density at radius 2 is 2.20 bits per heavy atom. The molecule has 2 nitrogen and oxygen atoms in total. The molecule has 1 aromatic rings. The molecule has 2 unspecified atom stereocenters. The molecule has 2 N–H and O–H groups in total. The van der Waals surface area contributed by atoms with Gasteiger partial charge < -0.3 is 10.4 Å². The normalized spacial score (nSPS) is 25.5. The molecular formula is C11H13BrClNO. The first-order valence-corrected chi connectivity index (χ1v) is 6.23. The number of aliphatic hydroxyl groups is 1. The molecule has 0 bridgehead atoms. The van der Waals surface area contributed by atoms with Crippen LogP contribution in [0.25, 0.3) is 0 Å². The van der Waals surface area contributed by atoms with Gasteiger partial charge in [0.05, 0.1) is 12.1 Å². The standard InChI is InChI=1S/C11H13BrClNO/c12-8-6-7(13)4-5-9(8)14-10-2-1-3-11(10)15/h4-6,10-11,14-15H,1-3H2. The van der Waals surface area contributed by atoms with Crippen LogP contribution >= 0.6 is 27.5 Å². The first-order chi connectivity index (χ1) is 7.16. The van der Waals surface area contributed by atoms with Crippen molar-refractivity contribution in [3.8, 4) is 0 Å². The number of aliphatic hydroxyl groups excluding tert-OH is 1. The summed E-state index contributed by atoms with van der Waals surface area (Å²) in [6.45, 7) is 0. The molecule has 1 fully saturated rings. The van der Waals surface area contributed by atoms with Gasteiger partial charge in [-0.25, -0.2) is 0 Å². The monoisotopic (exact) mass is 289 g/mol. The van der Waals surface area contributed by atoms with Crippen molar-refractivity contribution in [2.45, 2.75) is 31.4 Å². The van der Waals surface area contributed by atoms with E-state index < -0.39 is 0 Å². The predicted octanol–water partition coefficient (Wildman–Crippen LogP) is 3.43. The molecule has 1 aromatic carbocycles. The van der Waals surface area contributed by atoms with Crippen LogP contribution in [0, 0.1) is 0 Å². The lowest BCUT2D eigenvalue weighted by molar-refractivity contribution is 0.172. The van der Waals surface area contributed by atoms with Crippen LogP contribution in [0.15, 0.2) is 22.7 Å². The molecule has 2 atom stereocenters. The van der Waals surface area contributed by atoms with E-state index in [-0.39, 0.29) is 12.1 Å². The summed E-state index contributed by atoms with van der Waals surface area (Å²) in [7, 11) is 0. The Morgan fingerprint density at radius 1 is 1.40 bits per heavy atom. The van der Waals surface area contributed by atoms with Crippen molar-refractivity contribution < 1.29 is 5.11 Å². The van der Waals surface area contributed by atoms with Crippen molar-refractivity contribution in [3.05, 3.63) is 27.7 Å². The molecule has 2 rings (SSSR count). The average Bonchev–Trinajstić information content (AvgIpc) is 2.57. The number of anilines is 1. The van der Waals surface area contributed by atoms with Crippen molar-refractivity contribution in [2.75, 3.05) is 5.32 Å². The Balaban J connectivity index is 2.10. The van der Waals surface area contributed by atoms with Gasteiger partial charge in [-0.05, 0) is 53.4 Å². The first-order valence-electron chi connectivity index (χ1n) is 5.06. The van der Waals surface area contributed by atoms with Crippen molar-refractivity contribution in [1.29, 1.82) is 0 Å². The number of benzene rings is 1. The second-order valence-electron chi connectivity index (χ2n) is 3.87. The lowest BCUT2D eigenvalue weighted by atomic mass is 10.2. The van der Waals surface area contributed by atoms with E-state index in [1.807, 2.05) is 18.2 Å². The zero-order valence-electron chi connectivity index (χ0n) is 8.21. The van der Waals surface area contributed by atoms with E-state index in [0.717, 1.165) is 29.4 Å². The minimum atomic E-state index is -0.229. The molecule has 1 aliphatic rings. The summed E-state index contributed by atoms with van der Waals surface area (Å²) < 4.78 is 0.939. The molecule has 1 saturated carbocycles. The molecule has 4 heteroatoms. The summed E-state index contributed by atoms with van der Waals surface area (Å²) in [4.78, 5) is 0. The summed E-state index contributed by atoms with van der Waals surface area (Å²) in [5.41, 5.74) is 0.991. The summed E-state index contributed by atoms with van der Waals surface area (Å²) in [5.74, 6) is 0. The Morgan fingerprint density at radius 3 is 2.80 bits per heavy atom. The van der Waals surface area contributed by atoms with Crippen LogP contribution in [0.1, 0.15) is 19.3 Å². The van der Waals surface area contributed by atoms with Crippen LogP contribution in [-0.2, 0) is 0 Å². The van der Waals surface area contributed by atoms with Gasteiger partial charge in [-0.15, -0.1) is 0 Å². The van der Waals surface area contributed by atoms with Gasteiger partial charge in [0, 0.05) is 15.2 Å². The second-order valence-corrected chi connectivity index (χ2v) is 5.16. The van der Waals surface area contributed by atoms with Gasteiger partial charge in [0.15, 0.2) is 0 Å². The van der Waals surface area contributed by atoms with Gasteiger partial charge in [0.25, 0.3) is 0 Å². The van der Waals surface area contributed by atoms with Crippen molar-refractivity contribution in [2.24, 2.45) is 0 Å². The van der Waals surface area contributed by atoms with Crippen molar-refractivity contribution >= 4 is 33.2 Å². The highest BCUT2D eigenvalue weighted by Crippen LogP contribution is 2.29. The molecule has 0 heterocycles. The molecule has 1 aliphatic carbocycles. The molecule has 82 valence electrons. The van der Waals surface area contributed by atoms with Gasteiger partial charge in [-0.1, -0.05) is 11.6 Å². The fourth-order valence-electron chi connectivity index (χ4n) is 1.92. The maximum absolute atomic E-state index is 9.69. The zero-order valence-corrected chi connectivity index (χ0v) is 10.6. The lowest BCUT2D eigenvalue weighted by Gasteiger charge is -2.18. The molecule has 0 amide bonds. The van der Waals surface area contributed by atoms with Crippen molar-refractivity contribution in [1.82, 2.24) is 0 Å².